The smallest absolute Gasteiger partial charge is 0.138 e. The number of aromatic nitrogens is 6. The van der Waals surface area contributed by atoms with Crippen LogP contribution in [0.1, 0.15) is 0 Å². The molecule has 0 radical (unpaired) electrons. The first-order valence-electron chi connectivity index (χ1n) is 9.74. The minimum absolute atomic E-state index is 0.258. The average Bonchev–Trinajstić information content (AvgIpc) is 3.43. The zero-order valence-electron chi connectivity index (χ0n) is 16.2. The Bertz CT molecular complexity index is 1530. The predicted molar refractivity (Wildman–Crippen MR) is 118 cm³/mol. The third-order valence-electron chi connectivity index (χ3n) is 5.40. The zero-order valence-corrected chi connectivity index (χ0v) is 16.2. The van der Waals surface area contributed by atoms with E-state index in [1.165, 1.54) is 18.5 Å². The maximum absolute atomic E-state index is 13.4. The molecule has 0 bridgehead atoms. The minimum atomic E-state index is -0.258. The fourth-order valence-electron chi connectivity index (χ4n) is 3.88. The molecule has 4 heterocycles. The quantitative estimate of drug-likeness (QED) is 0.414. The van der Waals surface area contributed by atoms with Gasteiger partial charge in [0.2, 0.25) is 0 Å². The van der Waals surface area contributed by atoms with Crippen LogP contribution < -0.4 is 0 Å². The van der Waals surface area contributed by atoms with Gasteiger partial charge in [0.05, 0.1) is 11.2 Å². The first-order chi connectivity index (χ1) is 15.3. The van der Waals surface area contributed by atoms with E-state index in [1.807, 2.05) is 24.3 Å². The van der Waals surface area contributed by atoms with Gasteiger partial charge in [0.25, 0.3) is 0 Å². The second-order valence-corrected chi connectivity index (χ2v) is 7.27. The van der Waals surface area contributed by atoms with Crippen LogP contribution >= 0.6 is 0 Å². The monoisotopic (exact) mass is 406 g/mol. The molecule has 0 aliphatic rings. The molecule has 0 fully saturated rings. The lowest BCUT2D eigenvalue weighted by molar-refractivity contribution is 0.628. The molecule has 31 heavy (non-hydrogen) atoms. The van der Waals surface area contributed by atoms with Gasteiger partial charge in [-0.3, -0.25) is 5.10 Å². The van der Waals surface area contributed by atoms with E-state index in [4.69, 9.17) is 0 Å². The lowest BCUT2D eigenvalue weighted by atomic mass is 10.0. The summed E-state index contributed by atoms with van der Waals surface area (Å²) in [4.78, 5) is 16.1. The van der Waals surface area contributed by atoms with Gasteiger partial charge in [-0.25, -0.2) is 19.3 Å². The largest absolute Gasteiger partial charge is 0.338 e. The van der Waals surface area contributed by atoms with E-state index in [2.05, 4.69) is 36.2 Å². The van der Waals surface area contributed by atoms with Crippen LogP contribution in [-0.2, 0) is 0 Å². The highest BCUT2D eigenvalue weighted by Crippen LogP contribution is 2.34. The Balaban J connectivity index is 1.51. The van der Waals surface area contributed by atoms with E-state index >= 15 is 0 Å². The molecule has 4 aromatic heterocycles. The van der Waals surface area contributed by atoms with E-state index in [9.17, 15) is 4.39 Å². The summed E-state index contributed by atoms with van der Waals surface area (Å²) in [7, 11) is 0. The molecule has 2 aromatic carbocycles. The number of H-pyrrole nitrogens is 2. The molecule has 0 amide bonds. The molecule has 0 spiro atoms. The Morgan fingerprint density at radius 1 is 0.774 bits per heavy atom. The molecule has 0 saturated carbocycles. The summed E-state index contributed by atoms with van der Waals surface area (Å²) in [6, 6.07) is 16.5. The Labute approximate surface area is 175 Å². The number of benzene rings is 2. The highest BCUT2D eigenvalue weighted by molar-refractivity contribution is 6.00. The first kappa shape index (κ1) is 17.5. The van der Waals surface area contributed by atoms with E-state index in [-0.39, 0.29) is 5.82 Å². The number of rotatable bonds is 3. The van der Waals surface area contributed by atoms with Gasteiger partial charge in [-0.15, -0.1) is 0 Å². The van der Waals surface area contributed by atoms with Crippen LogP contribution in [0.2, 0.25) is 0 Å². The van der Waals surface area contributed by atoms with Crippen molar-refractivity contribution in [3.05, 3.63) is 85.3 Å². The molecule has 0 atom stereocenters. The normalized spacial score (nSPS) is 11.4. The van der Waals surface area contributed by atoms with Crippen molar-refractivity contribution in [1.82, 2.24) is 30.1 Å². The minimum Gasteiger partial charge on any atom is -0.338 e. The van der Waals surface area contributed by atoms with Crippen LogP contribution in [0, 0.1) is 5.82 Å². The van der Waals surface area contributed by atoms with E-state index in [0.717, 1.165) is 55.6 Å². The third kappa shape index (κ3) is 2.95. The maximum Gasteiger partial charge on any atom is 0.138 e. The van der Waals surface area contributed by atoms with Crippen molar-refractivity contribution < 1.29 is 4.39 Å². The zero-order chi connectivity index (χ0) is 20.8. The van der Waals surface area contributed by atoms with Gasteiger partial charge in [0.1, 0.15) is 23.5 Å². The molecule has 7 heteroatoms. The predicted octanol–water partition coefficient (Wildman–Crippen LogP) is 5.37. The topological polar surface area (TPSA) is 83.1 Å². The van der Waals surface area contributed by atoms with Crippen LogP contribution in [0.25, 0.3) is 55.6 Å². The number of hydrogen-bond donors (Lipinski definition) is 2. The summed E-state index contributed by atoms with van der Waals surface area (Å²) in [6.45, 7) is 0. The van der Waals surface area contributed by atoms with Gasteiger partial charge in [0, 0.05) is 34.9 Å². The molecule has 6 aromatic rings. The number of halogens is 1. The van der Waals surface area contributed by atoms with Gasteiger partial charge in [-0.1, -0.05) is 18.2 Å². The molecule has 6 nitrogen and oxygen atoms in total. The maximum atomic E-state index is 13.4. The molecule has 148 valence electrons. The van der Waals surface area contributed by atoms with Gasteiger partial charge in [-0.05, 0) is 53.1 Å². The van der Waals surface area contributed by atoms with Crippen LogP contribution in [0.3, 0.4) is 0 Å². The Morgan fingerprint density at radius 2 is 1.58 bits per heavy atom. The summed E-state index contributed by atoms with van der Waals surface area (Å²) in [5.41, 5.74) is 7.20. The van der Waals surface area contributed by atoms with E-state index in [1.54, 1.807) is 30.7 Å². The van der Waals surface area contributed by atoms with Crippen molar-refractivity contribution in [2.24, 2.45) is 0 Å². The third-order valence-corrected chi connectivity index (χ3v) is 5.40. The molecule has 0 aliphatic carbocycles. The first-order valence-corrected chi connectivity index (χ1v) is 9.74. The second kappa shape index (κ2) is 6.84. The van der Waals surface area contributed by atoms with Crippen molar-refractivity contribution in [1.29, 1.82) is 0 Å². The standard InChI is InChI=1S/C24H15FN6/c25-17-4-1-14(2-5-17)18-7-8-28-24-19(18)10-22(29-24)23-20-9-15(3-6-21(20)30-31-23)16-11-26-13-27-12-16/h1-13H,(H,28,29)(H,30,31). The lowest BCUT2D eigenvalue weighted by Gasteiger charge is -2.02. The van der Waals surface area contributed by atoms with Crippen molar-refractivity contribution >= 4 is 21.9 Å². The lowest BCUT2D eigenvalue weighted by Crippen LogP contribution is -1.83. The molecule has 0 unspecified atom stereocenters. The summed E-state index contributed by atoms with van der Waals surface area (Å²) in [5, 5.41) is 9.58. The van der Waals surface area contributed by atoms with Gasteiger partial charge < -0.3 is 4.98 Å². The molecule has 0 aliphatic heterocycles. The Morgan fingerprint density at radius 3 is 2.42 bits per heavy atom. The fourth-order valence-corrected chi connectivity index (χ4v) is 3.88. The average molecular weight is 406 g/mol. The van der Waals surface area contributed by atoms with Gasteiger partial charge in [0.15, 0.2) is 0 Å². The molecular weight excluding hydrogens is 391 g/mol. The van der Waals surface area contributed by atoms with Crippen molar-refractivity contribution in [3.63, 3.8) is 0 Å². The molecule has 6 rings (SSSR count). The SMILES string of the molecule is Fc1ccc(-c2ccnc3[nH]c(-c4n[nH]c5ccc(-c6cncnc6)cc45)cc23)cc1. The number of nitrogens with one attached hydrogen (secondary N) is 2. The molecule has 2 N–H and O–H groups in total. The van der Waals surface area contributed by atoms with Crippen LogP contribution in [-0.4, -0.2) is 30.1 Å². The highest BCUT2D eigenvalue weighted by atomic mass is 19.1. The van der Waals surface area contributed by atoms with Crippen molar-refractivity contribution in [2.75, 3.05) is 0 Å². The Hall–Kier alpha value is -4.39. The summed E-state index contributed by atoms with van der Waals surface area (Å²) >= 11 is 0. The number of fused-ring (bicyclic) bond motifs is 2. The summed E-state index contributed by atoms with van der Waals surface area (Å²) in [6.07, 6.45) is 6.84. The number of aromatic amines is 2. The van der Waals surface area contributed by atoms with Crippen molar-refractivity contribution in [3.8, 4) is 33.6 Å². The van der Waals surface area contributed by atoms with Gasteiger partial charge in [-0.2, -0.15) is 5.10 Å². The van der Waals surface area contributed by atoms with Gasteiger partial charge >= 0.3 is 0 Å². The fraction of sp³-hybridized carbons (Fsp3) is 0. The van der Waals surface area contributed by atoms with Crippen LogP contribution in [0.5, 0.6) is 0 Å². The van der Waals surface area contributed by atoms with E-state index in [0.29, 0.717) is 0 Å². The second-order valence-electron chi connectivity index (χ2n) is 7.27. The highest BCUT2D eigenvalue weighted by Gasteiger charge is 2.15. The summed E-state index contributed by atoms with van der Waals surface area (Å²) < 4.78 is 13.4. The number of hydrogen-bond acceptors (Lipinski definition) is 4. The summed E-state index contributed by atoms with van der Waals surface area (Å²) in [5.74, 6) is -0.258. The molecule has 0 saturated heterocycles. The van der Waals surface area contributed by atoms with Crippen molar-refractivity contribution in [2.45, 2.75) is 0 Å². The van der Waals surface area contributed by atoms with Crippen LogP contribution in [0.4, 0.5) is 4.39 Å². The Kier molecular flexibility index (Phi) is 3.86. The number of nitrogens with zero attached hydrogens (tertiary/aromatic N) is 4. The molecular formula is C24H15FN6. The number of pyridine rings is 1. The van der Waals surface area contributed by atoms with Crippen LogP contribution in [0.15, 0.2) is 79.5 Å². The van der Waals surface area contributed by atoms with E-state index < -0.39 is 0 Å².